The van der Waals surface area contributed by atoms with E-state index in [1.54, 1.807) is 18.2 Å². The highest BCUT2D eigenvalue weighted by molar-refractivity contribution is 7.92. The molecule has 1 N–H and O–H groups in total. The molecule has 2 heterocycles. The molecule has 0 aliphatic carbocycles. The Balaban J connectivity index is 1.45. The zero-order chi connectivity index (χ0) is 26.2. The van der Waals surface area contributed by atoms with Crippen molar-refractivity contribution in [3.63, 3.8) is 0 Å². The highest BCUT2D eigenvalue weighted by Gasteiger charge is 2.30. The second kappa shape index (κ2) is 9.79. The molecule has 5 rings (SSSR count). The Morgan fingerprint density at radius 3 is 2.59 bits per heavy atom. The highest BCUT2D eigenvalue weighted by Crippen LogP contribution is 2.32. The van der Waals surface area contributed by atoms with Crippen molar-refractivity contribution in [1.29, 1.82) is 0 Å². The van der Waals surface area contributed by atoms with E-state index in [4.69, 9.17) is 0 Å². The number of para-hydroxylation sites is 1. The van der Waals surface area contributed by atoms with Crippen molar-refractivity contribution in [2.24, 2.45) is 4.99 Å². The number of aromatic nitrogens is 1. The molecule has 0 radical (unpaired) electrons. The Bertz CT molecular complexity index is 1720. The van der Waals surface area contributed by atoms with Crippen molar-refractivity contribution in [1.82, 2.24) is 4.57 Å². The summed E-state index contributed by atoms with van der Waals surface area (Å²) in [5.74, 6) is -0.656. The predicted molar refractivity (Wildman–Crippen MR) is 145 cm³/mol. The Morgan fingerprint density at radius 1 is 1.11 bits per heavy atom. The largest absolute Gasteiger partial charge is 0.326 e. The number of nitrogens with one attached hydrogen (secondary N) is 1. The maximum absolute atomic E-state index is 13.3. The van der Waals surface area contributed by atoms with Crippen LogP contribution in [0.25, 0.3) is 10.2 Å². The third kappa shape index (κ3) is 4.73. The lowest BCUT2D eigenvalue weighted by Crippen LogP contribution is -2.29. The van der Waals surface area contributed by atoms with E-state index >= 15 is 0 Å². The van der Waals surface area contributed by atoms with Gasteiger partial charge in [0.15, 0.2) is 4.80 Å². The monoisotopic (exact) mass is 532 g/mol. The fourth-order valence-corrected chi connectivity index (χ4v) is 6.93. The minimum absolute atomic E-state index is 0.120. The van der Waals surface area contributed by atoms with Crippen molar-refractivity contribution in [3.8, 4) is 0 Å². The van der Waals surface area contributed by atoms with E-state index in [2.05, 4.69) is 16.9 Å². The maximum Gasteiger partial charge on any atom is 0.279 e. The van der Waals surface area contributed by atoms with E-state index in [1.807, 2.05) is 34.9 Å². The molecule has 188 valence electrons. The minimum Gasteiger partial charge on any atom is -0.326 e. The summed E-state index contributed by atoms with van der Waals surface area (Å²) in [6.07, 6.45) is 2.38. The molecule has 37 heavy (non-hydrogen) atoms. The Morgan fingerprint density at radius 2 is 1.86 bits per heavy atom. The van der Waals surface area contributed by atoms with E-state index in [1.165, 1.54) is 46.8 Å². The molecule has 1 aromatic heterocycles. The first-order valence-electron chi connectivity index (χ1n) is 11.6. The number of amides is 2. The molecule has 8 nitrogen and oxygen atoms in total. The van der Waals surface area contributed by atoms with Crippen LogP contribution >= 0.6 is 11.3 Å². The van der Waals surface area contributed by atoms with Crippen LogP contribution in [0.5, 0.6) is 0 Å². The maximum atomic E-state index is 13.3. The summed E-state index contributed by atoms with van der Waals surface area (Å²) in [6.45, 7) is 6.07. The predicted octanol–water partition coefficient (Wildman–Crippen LogP) is 4.34. The lowest BCUT2D eigenvalue weighted by molar-refractivity contribution is -0.114. The molecule has 0 spiro atoms. The summed E-state index contributed by atoms with van der Waals surface area (Å²) >= 11 is 1.32. The van der Waals surface area contributed by atoms with Crippen molar-refractivity contribution < 1.29 is 18.0 Å². The number of carbonyl (C=O) groups excluding carboxylic acids is 2. The SMILES string of the molecule is C=CCn1c(=NC(=O)c2ccc(S(=O)(=O)N3CCc4ccccc43)cc2)sc2cc(NC(C)=O)ccc21. The molecule has 0 saturated heterocycles. The van der Waals surface area contributed by atoms with E-state index < -0.39 is 15.9 Å². The van der Waals surface area contributed by atoms with Gasteiger partial charge in [0.25, 0.3) is 15.9 Å². The molecule has 2 amide bonds. The first-order chi connectivity index (χ1) is 17.8. The number of benzene rings is 3. The highest BCUT2D eigenvalue weighted by atomic mass is 32.2. The minimum atomic E-state index is -3.75. The van der Waals surface area contributed by atoms with Gasteiger partial charge in [-0.3, -0.25) is 13.9 Å². The Labute approximate surface area is 218 Å². The summed E-state index contributed by atoms with van der Waals surface area (Å²) in [7, 11) is -3.75. The second-order valence-electron chi connectivity index (χ2n) is 8.54. The lowest BCUT2D eigenvalue weighted by atomic mass is 10.2. The number of anilines is 2. The number of thiazole rings is 1. The molecule has 0 bridgehead atoms. The number of hydrogen-bond donors (Lipinski definition) is 1. The van der Waals surface area contributed by atoms with Gasteiger partial charge in [-0.1, -0.05) is 35.6 Å². The first-order valence-corrected chi connectivity index (χ1v) is 13.9. The van der Waals surface area contributed by atoms with Gasteiger partial charge in [-0.25, -0.2) is 8.42 Å². The molecular formula is C27H24N4O4S2. The molecule has 0 unspecified atom stereocenters. The summed E-state index contributed by atoms with van der Waals surface area (Å²) in [5.41, 5.74) is 3.48. The fraction of sp³-hybridized carbons (Fsp3) is 0.148. The summed E-state index contributed by atoms with van der Waals surface area (Å²) in [5, 5.41) is 2.76. The molecule has 0 fully saturated rings. The van der Waals surface area contributed by atoms with Crippen molar-refractivity contribution in [2.75, 3.05) is 16.2 Å². The van der Waals surface area contributed by atoms with Gasteiger partial charge in [0, 0.05) is 31.3 Å². The normalized spacial score (nSPS) is 13.5. The fourth-order valence-electron chi connectivity index (χ4n) is 4.35. The average Bonchev–Trinajstić information content (AvgIpc) is 3.46. The molecule has 1 aliphatic rings. The lowest BCUT2D eigenvalue weighted by Gasteiger charge is -2.19. The topological polar surface area (TPSA) is 101 Å². The number of carbonyl (C=O) groups is 2. The van der Waals surface area contributed by atoms with E-state index in [0.29, 0.717) is 35.7 Å². The molecular weight excluding hydrogens is 508 g/mol. The van der Waals surface area contributed by atoms with Crippen molar-refractivity contribution in [3.05, 3.63) is 95.3 Å². The van der Waals surface area contributed by atoms with Crippen LogP contribution in [0.2, 0.25) is 0 Å². The van der Waals surface area contributed by atoms with Crippen molar-refractivity contribution >= 4 is 54.8 Å². The second-order valence-corrected chi connectivity index (χ2v) is 11.4. The number of rotatable bonds is 6. The van der Waals surface area contributed by atoms with Crippen molar-refractivity contribution in [2.45, 2.75) is 24.8 Å². The van der Waals surface area contributed by atoms with Gasteiger partial charge in [-0.2, -0.15) is 4.99 Å². The summed E-state index contributed by atoms with van der Waals surface area (Å²) < 4.78 is 30.7. The molecule has 1 aliphatic heterocycles. The van der Waals surface area contributed by atoms with Gasteiger partial charge in [-0.15, -0.1) is 6.58 Å². The third-order valence-electron chi connectivity index (χ3n) is 6.05. The third-order valence-corrected chi connectivity index (χ3v) is 8.91. The zero-order valence-electron chi connectivity index (χ0n) is 20.0. The van der Waals surface area contributed by atoms with Gasteiger partial charge in [0.1, 0.15) is 0 Å². The average molecular weight is 533 g/mol. The van der Waals surface area contributed by atoms with Crippen LogP contribution in [0, 0.1) is 0 Å². The Hall–Kier alpha value is -4.02. The number of allylic oxidation sites excluding steroid dienone is 1. The van der Waals surface area contributed by atoms with Crippen LogP contribution in [0.3, 0.4) is 0 Å². The van der Waals surface area contributed by atoms with Crippen LogP contribution in [0.4, 0.5) is 11.4 Å². The quantitative estimate of drug-likeness (QED) is 0.373. The van der Waals surface area contributed by atoms with Gasteiger partial charge < -0.3 is 9.88 Å². The summed E-state index contributed by atoms with van der Waals surface area (Å²) in [6, 6.07) is 18.8. The van der Waals surface area contributed by atoms with Gasteiger partial charge >= 0.3 is 0 Å². The molecule has 4 aromatic rings. The van der Waals surface area contributed by atoms with Crippen LogP contribution < -0.4 is 14.4 Å². The van der Waals surface area contributed by atoms with Crippen LogP contribution in [-0.2, 0) is 27.8 Å². The number of fused-ring (bicyclic) bond motifs is 2. The number of sulfonamides is 1. The van der Waals surface area contributed by atoms with Crippen LogP contribution in [0.15, 0.2) is 89.3 Å². The molecule has 0 saturated carbocycles. The first kappa shape index (κ1) is 24.7. The van der Waals surface area contributed by atoms with Gasteiger partial charge in [0.2, 0.25) is 5.91 Å². The van der Waals surface area contributed by atoms with Crippen LogP contribution in [-0.4, -0.2) is 31.3 Å². The number of hydrogen-bond acceptors (Lipinski definition) is 5. The zero-order valence-corrected chi connectivity index (χ0v) is 21.7. The number of nitrogens with zero attached hydrogens (tertiary/aromatic N) is 3. The van der Waals surface area contributed by atoms with E-state index in [-0.39, 0.29) is 16.4 Å². The van der Waals surface area contributed by atoms with Gasteiger partial charge in [-0.05, 0) is 60.5 Å². The summed E-state index contributed by atoms with van der Waals surface area (Å²) in [4.78, 5) is 29.4. The molecule has 10 heteroatoms. The smallest absolute Gasteiger partial charge is 0.279 e. The van der Waals surface area contributed by atoms with E-state index in [9.17, 15) is 18.0 Å². The molecule has 3 aromatic carbocycles. The molecule has 0 atom stereocenters. The Kier molecular flexibility index (Phi) is 6.53. The van der Waals surface area contributed by atoms with Crippen LogP contribution in [0.1, 0.15) is 22.8 Å². The van der Waals surface area contributed by atoms with E-state index in [0.717, 1.165) is 15.8 Å². The van der Waals surface area contributed by atoms with Gasteiger partial charge in [0.05, 0.1) is 20.8 Å². The standard InChI is InChI=1S/C27H24N4O4S2/c1-3-15-30-24-13-10-21(28-18(2)32)17-25(24)36-27(30)29-26(33)20-8-11-22(12-9-20)37(34,35)31-16-14-19-6-4-5-7-23(19)31/h3-13,17H,1,14-16H2,2H3,(H,28,32).